The van der Waals surface area contributed by atoms with Gasteiger partial charge in [0.05, 0.1) is 12.1 Å². The Morgan fingerprint density at radius 3 is 2.57 bits per heavy atom. The minimum atomic E-state index is -0.575. The number of nitrogens with one attached hydrogen (secondary N) is 1. The van der Waals surface area contributed by atoms with Crippen molar-refractivity contribution < 1.29 is 14.3 Å². The summed E-state index contributed by atoms with van der Waals surface area (Å²) in [5, 5.41) is 12.1. The largest absolute Gasteiger partial charge is 0.392 e. The van der Waals surface area contributed by atoms with Gasteiger partial charge in [0.1, 0.15) is 5.82 Å². The molecular weight excluding hydrogens is 273 g/mol. The van der Waals surface area contributed by atoms with Crippen LogP contribution in [0, 0.1) is 5.82 Å². The number of urea groups is 1. The first kappa shape index (κ1) is 17.4. The average molecular weight is 297 g/mol. The second-order valence-electron chi connectivity index (χ2n) is 5.45. The van der Waals surface area contributed by atoms with Gasteiger partial charge in [0.2, 0.25) is 0 Å². The summed E-state index contributed by atoms with van der Waals surface area (Å²) in [7, 11) is 5.37. The molecule has 6 heteroatoms. The number of rotatable bonds is 6. The summed E-state index contributed by atoms with van der Waals surface area (Å²) in [4.78, 5) is 15.3. The van der Waals surface area contributed by atoms with Gasteiger partial charge in [-0.05, 0) is 38.7 Å². The van der Waals surface area contributed by atoms with Crippen molar-refractivity contribution in [3.8, 4) is 0 Å². The summed E-state index contributed by atoms with van der Waals surface area (Å²) in [5.41, 5.74) is 0.804. The molecule has 2 unspecified atom stereocenters. The van der Waals surface area contributed by atoms with Gasteiger partial charge >= 0.3 is 6.03 Å². The molecule has 0 saturated heterocycles. The van der Waals surface area contributed by atoms with Crippen LogP contribution in [-0.2, 0) is 0 Å². The van der Waals surface area contributed by atoms with E-state index >= 15 is 0 Å². The first-order chi connectivity index (χ1) is 9.81. The monoisotopic (exact) mass is 297 g/mol. The molecule has 1 aromatic carbocycles. The summed E-state index contributed by atoms with van der Waals surface area (Å²) in [6, 6.07) is 5.97. The van der Waals surface area contributed by atoms with Crippen molar-refractivity contribution >= 4 is 6.03 Å². The molecule has 0 radical (unpaired) electrons. The number of halogens is 1. The quantitative estimate of drug-likeness (QED) is 0.835. The summed E-state index contributed by atoms with van der Waals surface area (Å²) in [6.45, 7) is 2.25. The summed E-state index contributed by atoms with van der Waals surface area (Å²) < 4.78 is 13.3. The molecule has 21 heavy (non-hydrogen) atoms. The molecule has 0 spiro atoms. The number of benzene rings is 1. The Morgan fingerprint density at radius 1 is 1.38 bits per heavy atom. The molecule has 5 nitrogen and oxygen atoms in total. The molecule has 2 amide bonds. The van der Waals surface area contributed by atoms with E-state index in [0.29, 0.717) is 6.54 Å². The highest BCUT2D eigenvalue weighted by molar-refractivity contribution is 5.73. The van der Waals surface area contributed by atoms with E-state index in [1.807, 2.05) is 25.1 Å². The number of carbonyl (C=O) groups excluding carboxylic acids is 1. The zero-order valence-corrected chi connectivity index (χ0v) is 13.0. The van der Waals surface area contributed by atoms with Crippen LogP contribution in [0.15, 0.2) is 24.3 Å². The Kier molecular flexibility index (Phi) is 6.58. The smallest absolute Gasteiger partial charge is 0.317 e. The van der Waals surface area contributed by atoms with E-state index in [0.717, 1.165) is 5.56 Å². The Balaban J connectivity index is 2.66. The molecule has 2 atom stereocenters. The lowest BCUT2D eigenvalue weighted by molar-refractivity contribution is 0.142. The van der Waals surface area contributed by atoms with Gasteiger partial charge in [0, 0.05) is 20.1 Å². The molecule has 0 aliphatic heterocycles. The third-order valence-corrected chi connectivity index (χ3v) is 3.19. The fourth-order valence-corrected chi connectivity index (χ4v) is 2.11. The predicted octanol–water partition coefficient (Wildman–Crippen LogP) is 1.45. The SMILES string of the molecule is CC(O)CN(C)C(=O)NCC(c1cccc(F)c1)N(C)C. The van der Waals surface area contributed by atoms with Crippen LogP contribution < -0.4 is 5.32 Å². The van der Waals surface area contributed by atoms with E-state index in [1.54, 1.807) is 20.0 Å². The number of aliphatic hydroxyl groups excluding tert-OH is 1. The van der Waals surface area contributed by atoms with Gasteiger partial charge in [0.15, 0.2) is 0 Å². The predicted molar refractivity (Wildman–Crippen MR) is 80.5 cm³/mol. The number of hydrogen-bond donors (Lipinski definition) is 2. The van der Waals surface area contributed by atoms with Crippen LogP contribution in [0.2, 0.25) is 0 Å². The molecule has 0 aliphatic carbocycles. The number of amides is 2. The molecule has 2 N–H and O–H groups in total. The summed E-state index contributed by atoms with van der Waals surface area (Å²) in [5.74, 6) is -0.295. The molecule has 1 rings (SSSR count). The van der Waals surface area contributed by atoms with Gasteiger partial charge in [-0.1, -0.05) is 12.1 Å². The highest BCUT2D eigenvalue weighted by Gasteiger charge is 2.17. The second kappa shape index (κ2) is 7.95. The van der Waals surface area contributed by atoms with E-state index in [4.69, 9.17) is 0 Å². The maximum Gasteiger partial charge on any atom is 0.317 e. The highest BCUT2D eigenvalue weighted by atomic mass is 19.1. The molecule has 0 aliphatic rings. The number of carbonyl (C=O) groups is 1. The molecule has 0 heterocycles. The topological polar surface area (TPSA) is 55.8 Å². The highest BCUT2D eigenvalue weighted by Crippen LogP contribution is 2.18. The fraction of sp³-hybridized carbons (Fsp3) is 0.533. The van der Waals surface area contributed by atoms with E-state index < -0.39 is 6.10 Å². The van der Waals surface area contributed by atoms with Crippen molar-refractivity contribution in [2.45, 2.75) is 19.1 Å². The molecule has 118 valence electrons. The van der Waals surface area contributed by atoms with Crippen molar-refractivity contribution in [1.29, 1.82) is 0 Å². The zero-order chi connectivity index (χ0) is 16.0. The Hall–Kier alpha value is -1.66. The van der Waals surface area contributed by atoms with E-state index in [1.165, 1.54) is 17.0 Å². The Bertz CT molecular complexity index is 466. The van der Waals surface area contributed by atoms with Gasteiger partial charge in [-0.3, -0.25) is 0 Å². The van der Waals surface area contributed by atoms with Crippen LogP contribution >= 0.6 is 0 Å². The third-order valence-electron chi connectivity index (χ3n) is 3.19. The molecule has 0 bridgehead atoms. The minimum absolute atomic E-state index is 0.121. The first-order valence-corrected chi connectivity index (χ1v) is 6.90. The number of aliphatic hydroxyl groups is 1. The van der Waals surface area contributed by atoms with E-state index in [2.05, 4.69) is 5.32 Å². The minimum Gasteiger partial charge on any atom is -0.392 e. The van der Waals surface area contributed by atoms with Crippen LogP contribution in [0.25, 0.3) is 0 Å². The Morgan fingerprint density at radius 2 is 2.05 bits per heavy atom. The molecule has 0 aromatic heterocycles. The van der Waals surface area contributed by atoms with Crippen LogP contribution in [0.1, 0.15) is 18.5 Å². The van der Waals surface area contributed by atoms with E-state index in [-0.39, 0.29) is 24.4 Å². The van der Waals surface area contributed by atoms with Gasteiger partial charge < -0.3 is 20.2 Å². The van der Waals surface area contributed by atoms with Gasteiger partial charge in [-0.2, -0.15) is 0 Å². The van der Waals surface area contributed by atoms with Crippen molar-refractivity contribution in [2.75, 3.05) is 34.2 Å². The van der Waals surface area contributed by atoms with Gasteiger partial charge in [-0.25, -0.2) is 9.18 Å². The molecular formula is C15H24FN3O2. The molecule has 1 aromatic rings. The maximum atomic E-state index is 13.3. The number of hydrogen-bond acceptors (Lipinski definition) is 3. The summed E-state index contributed by atoms with van der Waals surface area (Å²) >= 11 is 0. The number of nitrogens with zero attached hydrogens (tertiary/aromatic N) is 2. The molecule has 0 fully saturated rings. The summed E-state index contributed by atoms with van der Waals surface area (Å²) in [6.07, 6.45) is -0.575. The van der Waals surface area contributed by atoms with Gasteiger partial charge in [0.25, 0.3) is 0 Å². The van der Waals surface area contributed by atoms with E-state index in [9.17, 15) is 14.3 Å². The van der Waals surface area contributed by atoms with Crippen LogP contribution in [0.5, 0.6) is 0 Å². The van der Waals surface area contributed by atoms with Crippen LogP contribution in [-0.4, -0.2) is 61.3 Å². The normalized spacial score (nSPS) is 13.9. The lowest BCUT2D eigenvalue weighted by atomic mass is 10.1. The van der Waals surface area contributed by atoms with Crippen molar-refractivity contribution in [1.82, 2.24) is 15.1 Å². The molecule has 0 saturated carbocycles. The average Bonchev–Trinajstić information content (AvgIpc) is 2.37. The zero-order valence-electron chi connectivity index (χ0n) is 13.0. The van der Waals surface area contributed by atoms with Gasteiger partial charge in [-0.15, -0.1) is 0 Å². The third kappa shape index (κ3) is 5.69. The second-order valence-corrected chi connectivity index (χ2v) is 5.45. The van der Waals surface area contributed by atoms with Crippen molar-refractivity contribution in [2.24, 2.45) is 0 Å². The van der Waals surface area contributed by atoms with Crippen molar-refractivity contribution in [3.63, 3.8) is 0 Å². The van der Waals surface area contributed by atoms with Crippen LogP contribution in [0.3, 0.4) is 0 Å². The maximum absolute atomic E-state index is 13.3. The number of likely N-dealkylation sites (N-methyl/N-ethyl adjacent to an activating group) is 2. The first-order valence-electron chi connectivity index (χ1n) is 6.90. The van der Waals surface area contributed by atoms with Crippen LogP contribution in [0.4, 0.5) is 9.18 Å². The Labute approximate surface area is 125 Å². The lowest BCUT2D eigenvalue weighted by Crippen LogP contribution is -2.43. The fourth-order valence-electron chi connectivity index (χ4n) is 2.11. The van der Waals surface area contributed by atoms with Crippen molar-refractivity contribution in [3.05, 3.63) is 35.6 Å². The lowest BCUT2D eigenvalue weighted by Gasteiger charge is -2.27. The standard InChI is InChI=1S/C15H24FN3O2/c1-11(20)10-19(4)15(21)17-9-14(18(2)3)12-6-5-7-13(16)8-12/h5-8,11,14,20H,9-10H2,1-4H3,(H,17,21).